The van der Waals surface area contributed by atoms with E-state index in [1.54, 1.807) is 0 Å². The van der Waals surface area contributed by atoms with E-state index in [-0.39, 0.29) is 0 Å². The maximum Gasteiger partial charge on any atom is 0.0998 e. The summed E-state index contributed by atoms with van der Waals surface area (Å²) >= 11 is 1.81. The number of hydrogen-bond acceptors (Lipinski definition) is 2. The number of thiophene rings is 1. The number of benzene rings is 8. The van der Waals surface area contributed by atoms with E-state index in [0.29, 0.717) is 5.56 Å². The Morgan fingerprint density at radius 3 is 1.81 bits per heavy atom. The molecule has 9 rings (SSSR count). The highest BCUT2D eigenvalue weighted by atomic mass is 32.1. The largest absolute Gasteiger partial charge is 0.192 e. The van der Waals surface area contributed by atoms with Gasteiger partial charge in [-0.2, -0.15) is 5.26 Å². The minimum absolute atomic E-state index is 0.672. The second-order valence-electron chi connectivity index (χ2n) is 14.3. The average molecular weight is 746 g/mol. The molecule has 1 heterocycles. The Morgan fingerprint density at radius 2 is 1.18 bits per heavy atom. The summed E-state index contributed by atoms with van der Waals surface area (Å²) in [6.07, 6.45) is 10.5. The molecule has 0 aliphatic rings. The lowest BCUT2D eigenvalue weighted by molar-refractivity contribution is 1.43. The van der Waals surface area contributed by atoms with Crippen molar-refractivity contribution in [2.75, 3.05) is 0 Å². The summed E-state index contributed by atoms with van der Waals surface area (Å²) in [5.41, 5.74) is 13.2. The molecule has 270 valence electrons. The van der Waals surface area contributed by atoms with Gasteiger partial charge in [0.15, 0.2) is 0 Å². The van der Waals surface area contributed by atoms with E-state index < -0.39 is 0 Å². The first-order chi connectivity index (χ1) is 28.0. The fourth-order valence-electron chi connectivity index (χ4n) is 8.74. The van der Waals surface area contributed by atoms with E-state index >= 15 is 0 Å². The van der Waals surface area contributed by atoms with Gasteiger partial charge < -0.3 is 0 Å². The summed E-state index contributed by atoms with van der Waals surface area (Å²) in [6.45, 7) is 13.2. The molecule has 1 nitrogen and oxygen atoms in total. The van der Waals surface area contributed by atoms with Crippen LogP contribution in [0.4, 0.5) is 0 Å². The number of nitriles is 1. The fourth-order valence-corrected chi connectivity index (χ4v) is 9.88. The minimum Gasteiger partial charge on any atom is -0.192 e. The second kappa shape index (κ2) is 14.9. The van der Waals surface area contributed by atoms with Gasteiger partial charge in [-0.15, -0.1) is 11.3 Å². The van der Waals surface area contributed by atoms with Gasteiger partial charge in [0.25, 0.3) is 0 Å². The molecule has 0 aliphatic heterocycles. The van der Waals surface area contributed by atoms with E-state index in [4.69, 9.17) is 6.58 Å². The zero-order chi connectivity index (χ0) is 39.0. The molecule has 0 saturated heterocycles. The smallest absolute Gasteiger partial charge is 0.0998 e. The molecule has 0 radical (unpaired) electrons. The SMILES string of the molecule is C=C/C=C\c1c(C)c(C(=C)c2sc3ccc(-c4c5ccccc5c(-c5ccccc5C#N)c5ccccc45)cc3c2/C=C\C)c2ccccc2c1-c1ccccc1. The summed E-state index contributed by atoms with van der Waals surface area (Å²) in [7, 11) is 0. The van der Waals surface area contributed by atoms with Crippen molar-refractivity contribution in [3.05, 3.63) is 210 Å². The van der Waals surface area contributed by atoms with E-state index in [9.17, 15) is 5.26 Å². The highest BCUT2D eigenvalue weighted by molar-refractivity contribution is 7.20. The Kier molecular flexibility index (Phi) is 9.31. The third-order valence-electron chi connectivity index (χ3n) is 11.1. The predicted octanol–water partition coefficient (Wildman–Crippen LogP) is 15.8. The summed E-state index contributed by atoms with van der Waals surface area (Å²) < 4.78 is 1.21. The number of hydrogen-bond donors (Lipinski definition) is 0. The number of allylic oxidation sites excluding steroid dienone is 3. The van der Waals surface area contributed by atoms with E-state index in [1.165, 1.54) is 54.2 Å². The van der Waals surface area contributed by atoms with Crippen LogP contribution in [0.1, 0.15) is 39.6 Å². The molecular formula is C55H39NS. The lowest BCUT2D eigenvalue weighted by Crippen LogP contribution is -1.99. The molecule has 0 bridgehead atoms. The Hall–Kier alpha value is -7.05. The molecule has 0 saturated carbocycles. The van der Waals surface area contributed by atoms with Crippen molar-refractivity contribution in [3.8, 4) is 39.4 Å². The van der Waals surface area contributed by atoms with E-state index in [0.717, 1.165) is 54.2 Å². The quantitative estimate of drug-likeness (QED) is 0.112. The zero-order valence-electron chi connectivity index (χ0n) is 32.0. The summed E-state index contributed by atoms with van der Waals surface area (Å²) in [5, 5.41) is 18.3. The lowest BCUT2D eigenvalue weighted by Gasteiger charge is -2.21. The molecular weight excluding hydrogens is 707 g/mol. The van der Waals surface area contributed by atoms with Crippen molar-refractivity contribution in [1.29, 1.82) is 5.26 Å². The van der Waals surface area contributed by atoms with Crippen molar-refractivity contribution in [1.82, 2.24) is 0 Å². The molecule has 0 N–H and O–H groups in total. The third kappa shape index (κ3) is 5.92. The second-order valence-corrected chi connectivity index (χ2v) is 15.4. The molecule has 9 aromatic rings. The van der Waals surface area contributed by atoms with Crippen LogP contribution < -0.4 is 0 Å². The Balaban J connectivity index is 1.28. The molecule has 0 amide bonds. The molecule has 2 heteroatoms. The van der Waals surface area contributed by atoms with Gasteiger partial charge in [-0.1, -0.05) is 171 Å². The average Bonchev–Trinajstić information content (AvgIpc) is 3.62. The first-order valence-electron chi connectivity index (χ1n) is 19.3. The van der Waals surface area contributed by atoms with Gasteiger partial charge in [-0.05, 0) is 114 Å². The molecule has 0 aliphatic carbocycles. The Morgan fingerprint density at radius 1 is 0.596 bits per heavy atom. The lowest BCUT2D eigenvalue weighted by atomic mass is 9.83. The van der Waals surface area contributed by atoms with Gasteiger partial charge >= 0.3 is 0 Å². The number of rotatable bonds is 8. The number of fused-ring (bicyclic) bond motifs is 4. The van der Waals surface area contributed by atoms with E-state index in [1.807, 2.05) is 41.7 Å². The van der Waals surface area contributed by atoms with Crippen LogP contribution in [0.2, 0.25) is 0 Å². The van der Waals surface area contributed by atoms with Crippen LogP contribution in [0.25, 0.3) is 93.5 Å². The normalized spacial score (nSPS) is 11.7. The van der Waals surface area contributed by atoms with Gasteiger partial charge in [-0.25, -0.2) is 0 Å². The maximum absolute atomic E-state index is 10.1. The van der Waals surface area contributed by atoms with Crippen LogP contribution in [-0.2, 0) is 0 Å². The van der Waals surface area contributed by atoms with Crippen LogP contribution in [0.3, 0.4) is 0 Å². The van der Waals surface area contributed by atoms with Gasteiger partial charge in [0, 0.05) is 26.1 Å². The maximum atomic E-state index is 10.1. The highest BCUT2D eigenvalue weighted by Gasteiger charge is 2.23. The molecule has 8 aromatic carbocycles. The first kappa shape index (κ1) is 35.6. The van der Waals surface area contributed by atoms with Gasteiger partial charge in [0.05, 0.1) is 11.6 Å². The third-order valence-corrected chi connectivity index (χ3v) is 12.4. The summed E-state index contributed by atoms with van der Waals surface area (Å²) in [5.74, 6) is 0. The topological polar surface area (TPSA) is 23.8 Å². The molecule has 1 aromatic heterocycles. The monoisotopic (exact) mass is 745 g/mol. The van der Waals surface area contributed by atoms with Crippen LogP contribution in [0.15, 0.2) is 177 Å². The molecule has 0 fully saturated rings. The van der Waals surface area contributed by atoms with Crippen molar-refractivity contribution in [2.24, 2.45) is 0 Å². The standard InChI is InChI=1S/C55H39NS/c1-5-7-23-40-35(3)51(42-25-13-14-26-43(42)52(40)37-20-9-8-10-21-37)36(4)55-48(19-6-2)49-33-38(31-32-50(49)57-55)53-44-27-15-17-29-46(44)54(47-30-18-16-28-45(47)53)41-24-12-11-22-39(41)34-56/h5-33H,1,4H2,2-3H3/b19-6-,23-7-. The fraction of sp³-hybridized carbons (Fsp3) is 0.0364. The first-order valence-corrected chi connectivity index (χ1v) is 20.1. The molecule has 0 atom stereocenters. The number of nitrogens with zero attached hydrogens (tertiary/aromatic N) is 1. The van der Waals surface area contributed by atoms with Crippen molar-refractivity contribution in [3.63, 3.8) is 0 Å². The van der Waals surface area contributed by atoms with Crippen molar-refractivity contribution >= 4 is 71.5 Å². The summed E-state index contributed by atoms with van der Waals surface area (Å²) in [6, 6.07) is 54.0. The summed E-state index contributed by atoms with van der Waals surface area (Å²) in [4.78, 5) is 1.16. The van der Waals surface area contributed by atoms with Crippen LogP contribution in [0, 0.1) is 18.3 Å². The predicted molar refractivity (Wildman–Crippen MR) is 249 cm³/mol. The van der Waals surface area contributed by atoms with E-state index in [2.05, 4.69) is 172 Å². The zero-order valence-corrected chi connectivity index (χ0v) is 32.8. The van der Waals surface area contributed by atoms with Crippen LogP contribution in [0.5, 0.6) is 0 Å². The van der Waals surface area contributed by atoms with Gasteiger partial charge in [0.1, 0.15) is 0 Å². The highest BCUT2D eigenvalue weighted by Crippen LogP contribution is 2.48. The molecule has 0 unspecified atom stereocenters. The van der Waals surface area contributed by atoms with Crippen molar-refractivity contribution < 1.29 is 0 Å². The van der Waals surface area contributed by atoms with Gasteiger partial charge in [-0.3, -0.25) is 0 Å². The van der Waals surface area contributed by atoms with Crippen LogP contribution >= 0.6 is 11.3 Å². The molecule has 0 spiro atoms. The Labute approximate surface area is 338 Å². The van der Waals surface area contributed by atoms with Gasteiger partial charge in [0.2, 0.25) is 0 Å². The Bertz CT molecular complexity index is 3130. The van der Waals surface area contributed by atoms with Crippen LogP contribution in [-0.4, -0.2) is 0 Å². The molecule has 57 heavy (non-hydrogen) atoms. The van der Waals surface area contributed by atoms with Crippen molar-refractivity contribution in [2.45, 2.75) is 13.8 Å². The minimum atomic E-state index is 0.672.